The highest BCUT2D eigenvalue weighted by Gasteiger charge is 2.23. The fraction of sp³-hybridized carbons (Fsp3) is 0.744. The summed E-state index contributed by atoms with van der Waals surface area (Å²) in [5, 5.41) is 5.58. The van der Waals surface area contributed by atoms with Gasteiger partial charge < -0.3 is 20.3 Å². The highest BCUT2D eigenvalue weighted by Crippen LogP contribution is 2.10. The van der Waals surface area contributed by atoms with Crippen LogP contribution in [0.4, 0.5) is 0 Å². The van der Waals surface area contributed by atoms with Gasteiger partial charge in [-0.15, -0.1) is 0 Å². The fourth-order valence-corrected chi connectivity index (χ4v) is 5.48. The minimum atomic E-state index is -0.879. The van der Waals surface area contributed by atoms with Crippen molar-refractivity contribution in [3.05, 3.63) is 48.6 Å². The Morgan fingerprint density at radius 2 is 1.00 bits per heavy atom. The summed E-state index contributed by atoms with van der Waals surface area (Å²) in [6.07, 6.45) is 44.8. The zero-order valence-electron chi connectivity index (χ0n) is 32.9. The maximum atomic E-state index is 12.9. The molecule has 0 aromatic heterocycles. The number of nitrogens with zero attached hydrogens (tertiary/aromatic N) is 1. The highest BCUT2D eigenvalue weighted by molar-refractivity contribution is 5.85. The number of allylic oxidation sites excluding steroid dienone is 8. The van der Waals surface area contributed by atoms with Crippen molar-refractivity contribution in [2.75, 3.05) is 33.8 Å². The van der Waals surface area contributed by atoms with Crippen molar-refractivity contribution < 1.29 is 19.1 Å². The Balaban J connectivity index is 4.17. The van der Waals surface area contributed by atoms with Crippen LogP contribution < -0.4 is 10.6 Å². The normalized spacial score (nSPS) is 12.6. The predicted octanol–water partition coefficient (Wildman–Crippen LogP) is 10.3. The lowest BCUT2D eigenvalue weighted by Gasteiger charge is -2.19. The topological polar surface area (TPSA) is 87.7 Å². The molecule has 288 valence electrons. The minimum absolute atomic E-state index is 0.0309. The maximum Gasteiger partial charge on any atom is 0.330 e. The van der Waals surface area contributed by atoms with E-state index in [1.54, 1.807) is 4.90 Å². The molecule has 0 unspecified atom stereocenters. The molecular formula is C43H77N3O4. The maximum absolute atomic E-state index is 12.9. The van der Waals surface area contributed by atoms with E-state index in [-0.39, 0.29) is 24.9 Å². The number of hydrogen-bond acceptors (Lipinski definition) is 5. The van der Waals surface area contributed by atoms with Crippen LogP contribution in [0.2, 0.25) is 0 Å². The summed E-state index contributed by atoms with van der Waals surface area (Å²) in [7, 11) is 3.62. The van der Waals surface area contributed by atoms with E-state index in [2.05, 4.69) is 73.1 Å². The van der Waals surface area contributed by atoms with Gasteiger partial charge in [0.2, 0.25) is 11.8 Å². The third kappa shape index (κ3) is 35.2. The standard InChI is InChI=1S/C43H77N3O4/c1-5-7-9-11-13-15-17-19-21-23-25-27-29-31-33-35-37-50-43(49)40(38-44-42(48)39-46(3)4)45-41(47)36-34-32-30-28-26-24-22-20-18-16-14-12-10-8-6-2/h13-16,19-22,40H,5-12,17-18,23-39H2,1-4H3,(H,44,48)(H,45,47)/b15-13-,16-14-,21-19-,22-20-/t40-/m0/s1. The van der Waals surface area contributed by atoms with Gasteiger partial charge in [0.1, 0.15) is 6.04 Å². The summed E-state index contributed by atoms with van der Waals surface area (Å²) in [5.41, 5.74) is 0. The van der Waals surface area contributed by atoms with Gasteiger partial charge in [0.15, 0.2) is 0 Å². The lowest BCUT2D eigenvalue weighted by atomic mass is 10.1. The zero-order chi connectivity index (χ0) is 36.8. The van der Waals surface area contributed by atoms with E-state index in [0.717, 1.165) is 70.6 Å². The van der Waals surface area contributed by atoms with E-state index >= 15 is 0 Å². The van der Waals surface area contributed by atoms with Crippen LogP contribution >= 0.6 is 0 Å². The smallest absolute Gasteiger partial charge is 0.330 e. The van der Waals surface area contributed by atoms with Crippen LogP contribution in [0.15, 0.2) is 48.6 Å². The van der Waals surface area contributed by atoms with Crippen LogP contribution in [0, 0.1) is 0 Å². The van der Waals surface area contributed by atoms with Gasteiger partial charge in [0.25, 0.3) is 0 Å². The van der Waals surface area contributed by atoms with E-state index in [0.29, 0.717) is 13.0 Å². The lowest BCUT2D eigenvalue weighted by molar-refractivity contribution is -0.148. The Morgan fingerprint density at radius 1 is 0.560 bits per heavy atom. The quantitative estimate of drug-likeness (QED) is 0.0391. The molecule has 0 aliphatic heterocycles. The first-order valence-electron chi connectivity index (χ1n) is 20.4. The predicted molar refractivity (Wildman–Crippen MR) is 213 cm³/mol. The molecule has 7 heteroatoms. The second-order valence-corrected chi connectivity index (χ2v) is 13.9. The molecule has 0 fully saturated rings. The van der Waals surface area contributed by atoms with Gasteiger partial charge in [0, 0.05) is 13.0 Å². The van der Waals surface area contributed by atoms with Gasteiger partial charge in [-0.05, 0) is 91.1 Å². The summed E-state index contributed by atoms with van der Waals surface area (Å²) in [4.78, 5) is 39.5. The summed E-state index contributed by atoms with van der Waals surface area (Å²) in [6, 6.07) is -0.879. The Labute approximate surface area is 308 Å². The molecule has 0 radical (unpaired) electrons. The van der Waals surface area contributed by atoms with Crippen LogP contribution in [0.5, 0.6) is 0 Å². The Hall–Kier alpha value is -2.67. The molecule has 7 nitrogen and oxygen atoms in total. The Bertz CT molecular complexity index is 925. The van der Waals surface area contributed by atoms with Crippen LogP contribution in [-0.4, -0.2) is 62.5 Å². The Kier molecular flexibility index (Phi) is 35.6. The average molecular weight is 700 g/mol. The summed E-state index contributed by atoms with van der Waals surface area (Å²) in [5.74, 6) is -0.847. The molecule has 0 aliphatic carbocycles. The second-order valence-electron chi connectivity index (χ2n) is 13.9. The van der Waals surface area contributed by atoms with Crippen molar-refractivity contribution in [1.82, 2.24) is 15.5 Å². The van der Waals surface area contributed by atoms with Crippen molar-refractivity contribution in [1.29, 1.82) is 0 Å². The molecule has 2 N–H and O–H groups in total. The number of nitrogens with one attached hydrogen (secondary N) is 2. The molecule has 50 heavy (non-hydrogen) atoms. The van der Waals surface area contributed by atoms with E-state index in [1.165, 1.54) is 77.0 Å². The van der Waals surface area contributed by atoms with Crippen molar-refractivity contribution in [2.24, 2.45) is 0 Å². The third-order valence-electron chi connectivity index (χ3n) is 8.53. The van der Waals surface area contributed by atoms with E-state index in [1.807, 2.05) is 14.1 Å². The van der Waals surface area contributed by atoms with Crippen molar-refractivity contribution in [2.45, 2.75) is 174 Å². The SMILES string of the molecule is CCCCC/C=C\C/C=C\CCCCCCCCOC(=O)[C@H](CNC(=O)CN(C)C)NC(=O)CCCCCCC/C=C\C/C=C\CCCCC. The van der Waals surface area contributed by atoms with Gasteiger partial charge >= 0.3 is 5.97 Å². The molecule has 0 saturated heterocycles. The Morgan fingerprint density at radius 3 is 1.48 bits per heavy atom. The number of rotatable bonds is 35. The van der Waals surface area contributed by atoms with E-state index in [4.69, 9.17) is 4.74 Å². The summed E-state index contributed by atoms with van der Waals surface area (Å²) in [6.45, 7) is 5.05. The molecule has 0 aliphatic rings. The van der Waals surface area contributed by atoms with Gasteiger partial charge in [-0.2, -0.15) is 0 Å². The molecule has 0 aromatic rings. The van der Waals surface area contributed by atoms with Crippen LogP contribution in [0.3, 0.4) is 0 Å². The lowest BCUT2D eigenvalue weighted by Crippen LogP contribution is -2.50. The highest BCUT2D eigenvalue weighted by atomic mass is 16.5. The average Bonchev–Trinajstić information content (AvgIpc) is 3.09. The molecule has 1 atom stereocenters. The summed E-state index contributed by atoms with van der Waals surface area (Å²) < 4.78 is 5.53. The van der Waals surface area contributed by atoms with Crippen molar-refractivity contribution in [3.8, 4) is 0 Å². The number of likely N-dealkylation sites (N-methyl/N-ethyl adjacent to an activating group) is 1. The van der Waals surface area contributed by atoms with Gasteiger partial charge in [-0.25, -0.2) is 4.79 Å². The number of carbonyl (C=O) groups excluding carboxylic acids is 3. The zero-order valence-corrected chi connectivity index (χ0v) is 32.9. The first kappa shape index (κ1) is 47.3. The van der Waals surface area contributed by atoms with E-state index in [9.17, 15) is 14.4 Å². The number of unbranched alkanes of at least 4 members (excludes halogenated alkanes) is 17. The molecule has 0 saturated carbocycles. The van der Waals surface area contributed by atoms with Crippen LogP contribution in [0.1, 0.15) is 168 Å². The molecule has 0 heterocycles. The third-order valence-corrected chi connectivity index (χ3v) is 8.53. The molecule has 0 rings (SSSR count). The second kappa shape index (κ2) is 37.6. The number of hydrogen-bond donors (Lipinski definition) is 2. The van der Waals surface area contributed by atoms with Gasteiger partial charge in [0.05, 0.1) is 13.2 Å². The molecule has 0 bridgehead atoms. The fourth-order valence-electron chi connectivity index (χ4n) is 5.48. The first-order valence-corrected chi connectivity index (χ1v) is 20.4. The monoisotopic (exact) mass is 700 g/mol. The number of carbonyl (C=O) groups is 3. The van der Waals surface area contributed by atoms with E-state index < -0.39 is 12.0 Å². The van der Waals surface area contributed by atoms with Crippen LogP contribution in [0.25, 0.3) is 0 Å². The molecule has 0 aromatic carbocycles. The van der Waals surface area contributed by atoms with Crippen molar-refractivity contribution in [3.63, 3.8) is 0 Å². The minimum Gasteiger partial charge on any atom is -0.464 e. The van der Waals surface area contributed by atoms with Crippen LogP contribution in [-0.2, 0) is 19.1 Å². The van der Waals surface area contributed by atoms with Gasteiger partial charge in [-0.3, -0.25) is 9.59 Å². The van der Waals surface area contributed by atoms with Crippen molar-refractivity contribution >= 4 is 17.8 Å². The largest absolute Gasteiger partial charge is 0.464 e. The first-order chi connectivity index (χ1) is 24.4. The molecule has 0 spiro atoms. The summed E-state index contributed by atoms with van der Waals surface area (Å²) >= 11 is 0. The molecule has 2 amide bonds. The number of ether oxygens (including phenoxy) is 1. The van der Waals surface area contributed by atoms with Gasteiger partial charge in [-0.1, -0.05) is 133 Å². The number of esters is 1. The number of amides is 2. The molecular weight excluding hydrogens is 622 g/mol.